The van der Waals surface area contributed by atoms with E-state index >= 15 is 0 Å². The first kappa shape index (κ1) is 9.64. The van der Waals surface area contributed by atoms with E-state index in [1.165, 1.54) is 4.88 Å². The van der Waals surface area contributed by atoms with E-state index in [1.807, 2.05) is 6.92 Å². The summed E-state index contributed by atoms with van der Waals surface area (Å²) < 4.78 is 0. The maximum Gasteiger partial charge on any atom is 0.107 e. The molecule has 0 aliphatic rings. The third kappa shape index (κ3) is 2.55. The molecule has 0 saturated carbocycles. The minimum absolute atomic E-state index is 0.184. The molecule has 2 N–H and O–H groups in total. The van der Waals surface area contributed by atoms with Crippen LogP contribution in [-0.2, 0) is 6.54 Å². The Labute approximate surface area is 76.5 Å². The highest BCUT2D eigenvalue weighted by atomic mass is 32.1. The highest BCUT2D eigenvalue weighted by Gasteiger charge is 2.01. The molecule has 0 aliphatic carbocycles. The van der Waals surface area contributed by atoms with Gasteiger partial charge >= 0.3 is 0 Å². The van der Waals surface area contributed by atoms with E-state index in [0.29, 0.717) is 6.54 Å². The SMILES string of the molecule is Cc1nc(CNCCO)sc1C. The minimum atomic E-state index is 0.184. The van der Waals surface area contributed by atoms with Crippen LogP contribution in [0.1, 0.15) is 15.6 Å². The third-order valence-corrected chi connectivity index (χ3v) is 2.71. The average Bonchev–Trinajstić information content (AvgIpc) is 2.32. The highest BCUT2D eigenvalue weighted by Crippen LogP contribution is 2.15. The quantitative estimate of drug-likeness (QED) is 0.685. The lowest BCUT2D eigenvalue weighted by molar-refractivity contribution is 0.292. The number of rotatable bonds is 4. The Balaban J connectivity index is 2.42. The Bertz CT molecular complexity index is 228. The van der Waals surface area contributed by atoms with Gasteiger partial charge in [0.05, 0.1) is 12.3 Å². The molecule has 0 spiro atoms. The molecule has 0 unspecified atom stereocenters. The molecule has 0 aromatic carbocycles. The average molecular weight is 186 g/mol. The summed E-state index contributed by atoms with van der Waals surface area (Å²) in [6, 6.07) is 0. The number of nitrogens with zero attached hydrogens (tertiary/aromatic N) is 1. The zero-order valence-corrected chi connectivity index (χ0v) is 8.24. The number of thiazole rings is 1. The van der Waals surface area contributed by atoms with E-state index in [-0.39, 0.29) is 6.61 Å². The van der Waals surface area contributed by atoms with Crippen molar-refractivity contribution in [2.24, 2.45) is 0 Å². The maximum atomic E-state index is 8.52. The van der Waals surface area contributed by atoms with Crippen molar-refractivity contribution in [3.63, 3.8) is 0 Å². The van der Waals surface area contributed by atoms with Crippen LogP contribution in [0.4, 0.5) is 0 Å². The van der Waals surface area contributed by atoms with Gasteiger partial charge in [-0.25, -0.2) is 4.98 Å². The summed E-state index contributed by atoms with van der Waals surface area (Å²) in [6.07, 6.45) is 0. The molecule has 0 bridgehead atoms. The number of aryl methyl sites for hydroxylation is 2. The molecule has 0 aliphatic heterocycles. The second kappa shape index (κ2) is 4.54. The van der Waals surface area contributed by atoms with Gasteiger partial charge in [-0.2, -0.15) is 0 Å². The second-order valence-electron chi connectivity index (χ2n) is 2.65. The lowest BCUT2D eigenvalue weighted by atomic mass is 10.4. The summed E-state index contributed by atoms with van der Waals surface area (Å²) in [4.78, 5) is 5.63. The molecule has 4 heteroatoms. The fourth-order valence-corrected chi connectivity index (χ4v) is 1.79. The van der Waals surface area contributed by atoms with Crippen LogP contribution >= 0.6 is 11.3 Å². The largest absolute Gasteiger partial charge is 0.395 e. The van der Waals surface area contributed by atoms with Crippen LogP contribution in [0.25, 0.3) is 0 Å². The molecular formula is C8H14N2OS. The molecule has 0 saturated heterocycles. The lowest BCUT2D eigenvalue weighted by Crippen LogP contribution is -2.17. The lowest BCUT2D eigenvalue weighted by Gasteiger charge is -1.96. The highest BCUT2D eigenvalue weighted by molar-refractivity contribution is 7.11. The summed E-state index contributed by atoms with van der Waals surface area (Å²) in [5.41, 5.74) is 1.11. The van der Waals surface area contributed by atoms with Crippen molar-refractivity contribution >= 4 is 11.3 Å². The van der Waals surface area contributed by atoms with Crippen LogP contribution in [0, 0.1) is 13.8 Å². The van der Waals surface area contributed by atoms with E-state index in [0.717, 1.165) is 17.2 Å². The van der Waals surface area contributed by atoms with Crippen molar-refractivity contribution < 1.29 is 5.11 Å². The number of hydrogen-bond acceptors (Lipinski definition) is 4. The smallest absolute Gasteiger partial charge is 0.107 e. The zero-order chi connectivity index (χ0) is 8.97. The van der Waals surface area contributed by atoms with E-state index < -0.39 is 0 Å². The standard InChI is InChI=1S/C8H14N2OS/c1-6-7(2)12-8(10-6)5-9-3-4-11/h9,11H,3-5H2,1-2H3. The number of aromatic nitrogens is 1. The van der Waals surface area contributed by atoms with Crippen LogP contribution in [0.3, 0.4) is 0 Å². The van der Waals surface area contributed by atoms with Crippen LogP contribution in [-0.4, -0.2) is 23.2 Å². The summed E-state index contributed by atoms with van der Waals surface area (Å²) in [5.74, 6) is 0. The molecule has 1 heterocycles. The first-order valence-corrected chi connectivity index (χ1v) is 4.80. The Morgan fingerprint density at radius 3 is 2.75 bits per heavy atom. The molecule has 0 amide bonds. The molecule has 3 nitrogen and oxygen atoms in total. The number of aliphatic hydroxyl groups excluding tert-OH is 1. The number of nitrogens with one attached hydrogen (secondary N) is 1. The maximum absolute atomic E-state index is 8.52. The van der Waals surface area contributed by atoms with Gasteiger partial charge in [0, 0.05) is 18.0 Å². The van der Waals surface area contributed by atoms with Gasteiger partial charge in [0.1, 0.15) is 5.01 Å². The second-order valence-corrected chi connectivity index (χ2v) is 3.94. The summed E-state index contributed by atoms with van der Waals surface area (Å²) in [5, 5.41) is 12.7. The van der Waals surface area contributed by atoms with Crippen LogP contribution in [0.2, 0.25) is 0 Å². The van der Waals surface area contributed by atoms with Gasteiger partial charge in [0.2, 0.25) is 0 Å². The van der Waals surface area contributed by atoms with Gasteiger partial charge in [-0.15, -0.1) is 11.3 Å². The Hall–Kier alpha value is -0.450. The fourth-order valence-electron chi connectivity index (χ4n) is 0.889. The predicted octanol–water partition coefficient (Wildman–Crippen LogP) is 0.842. The van der Waals surface area contributed by atoms with Gasteiger partial charge in [0.15, 0.2) is 0 Å². The van der Waals surface area contributed by atoms with Gasteiger partial charge in [-0.1, -0.05) is 0 Å². The van der Waals surface area contributed by atoms with Crippen molar-refractivity contribution in [2.75, 3.05) is 13.2 Å². The molecule has 0 atom stereocenters. The van der Waals surface area contributed by atoms with Gasteiger partial charge in [0.25, 0.3) is 0 Å². The minimum Gasteiger partial charge on any atom is -0.395 e. The first-order valence-electron chi connectivity index (χ1n) is 3.98. The normalized spacial score (nSPS) is 10.6. The molecule has 12 heavy (non-hydrogen) atoms. The molecule has 1 rings (SSSR count). The fraction of sp³-hybridized carbons (Fsp3) is 0.625. The molecule has 1 aromatic rings. The predicted molar refractivity (Wildman–Crippen MR) is 50.4 cm³/mol. The van der Waals surface area contributed by atoms with E-state index in [2.05, 4.69) is 17.2 Å². The Morgan fingerprint density at radius 1 is 1.50 bits per heavy atom. The Kier molecular flexibility index (Phi) is 3.65. The van der Waals surface area contributed by atoms with Crippen LogP contribution in [0.5, 0.6) is 0 Å². The van der Waals surface area contributed by atoms with Crippen LogP contribution < -0.4 is 5.32 Å². The summed E-state index contributed by atoms with van der Waals surface area (Å²) >= 11 is 1.71. The number of aliphatic hydroxyl groups is 1. The summed E-state index contributed by atoms with van der Waals surface area (Å²) in [7, 11) is 0. The van der Waals surface area contributed by atoms with E-state index in [9.17, 15) is 0 Å². The molecule has 0 fully saturated rings. The molecule has 0 radical (unpaired) electrons. The van der Waals surface area contributed by atoms with E-state index in [1.54, 1.807) is 11.3 Å². The van der Waals surface area contributed by atoms with Crippen molar-refractivity contribution in [3.8, 4) is 0 Å². The van der Waals surface area contributed by atoms with E-state index in [4.69, 9.17) is 5.11 Å². The molecular weight excluding hydrogens is 172 g/mol. The first-order chi connectivity index (χ1) is 5.74. The monoisotopic (exact) mass is 186 g/mol. The summed E-state index contributed by atoms with van der Waals surface area (Å²) in [6.45, 7) is 5.67. The van der Waals surface area contributed by atoms with Crippen molar-refractivity contribution in [1.82, 2.24) is 10.3 Å². The third-order valence-electron chi connectivity index (χ3n) is 1.64. The van der Waals surface area contributed by atoms with Gasteiger partial charge < -0.3 is 10.4 Å². The van der Waals surface area contributed by atoms with Gasteiger partial charge in [-0.3, -0.25) is 0 Å². The Morgan fingerprint density at radius 2 is 2.25 bits per heavy atom. The zero-order valence-electron chi connectivity index (χ0n) is 7.42. The molecule has 1 aromatic heterocycles. The van der Waals surface area contributed by atoms with Crippen molar-refractivity contribution in [1.29, 1.82) is 0 Å². The topological polar surface area (TPSA) is 45.2 Å². The molecule has 68 valence electrons. The van der Waals surface area contributed by atoms with Crippen molar-refractivity contribution in [2.45, 2.75) is 20.4 Å². The van der Waals surface area contributed by atoms with Gasteiger partial charge in [-0.05, 0) is 13.8 Å². The number of hydrogen-bond donors (Lipinski definition) is 2. The van der Waals surface area contributed by atoms with Crippen LogP contribution in [0.15, 0.2) is 0 Å². The van der Waals surface area contributed by atoms with Crippen molar-refractivity contribution in [3.05, 3.63) is 15.6 Å².